The SMILES string of the molecule is CC1CC(NCc2cnnn2C)CCO1. The Hall–Kier alpha value is -0.940. The molecule has 1 aliphatic heterocycles. The second kappa shape index (κ2) is 4.72. The Kier molecular flexibility index (Phi) is 3.33. The summed E-state index contributed by atoms with van der Waals surface area (Å²) in [5.74, 6) is 0. The van der Waals surface area contributed by atoms with Crippen LogP contribution in [0.4, 0.5) is 0 Å². The summed E-state index contributed by atoms with van der Waals surface area (Å²) in [4.78, 5) is 0. The standard InChI is InChI=1S/C10H18N4O/c1-8-5-9(3-4-15-8)11-6-10-7-12-13-14(10)2/h7-9,11H,3-6H2,1-2H3. The molecule has 0 saturated carbocycles. The fourth-order valence-electron chi connectivity index (χ4n) is 1.90. The average Bonchev–Trinajstić information content (AvgIpc) is 2.61. The number of hydrogen-bond donors (Lipinski definition) is 1. The summed E-state index contributed by atoms with van der Waals surface area (Å²) in [5.41, 5.74) is 1.12. The topological polar surface area (TPSA) is 52.0 Å². The van der Waals surface area contributed by atoms with Crippen LogP contribution in [0.2, 0.25) is 0 Å². The fourth-order valence-corrected chi connectivity index (χ4v) is 1.90. The molecule has 2 atom stereocenters. The van der Waals surface area contributed by atoms with Gasteiger partial charge < -0.3 is 10.1 Å². The molecule has 2 rings (SSSR count). The zero-order valence-electron chi connectivity index (χ0n) is 9.31. The van der Waals surface area contributed by atoms with Crippen molar-refractivity contribution in [1.29, 1.82) is 0 Å². The Labute approximate surface area is 89.8 Å². The van der Waals surface area contributed by atoms with Crippen LogP contribution in [-0.4, -0.2) is 33.7 Å². The van der Waals surface area contributed by atoms with Crippen molar-refractivity contribution in [1.82, 2.24) is 20.3 Å². The maximum absolute atomic E-state index is 5.50. The predicted molar refractivity (Wildman–Crippen MR) is 56.3 cm³/mol. The van der Waals surface area contributed by atoms with Crippen LogP contribution in [0.15, 0.2) is 6.20 Å². The quantitative estimate of drug-likeness (QED) is 0.788. The average molecular weight is 210 g/mol. The molecule has 2 heterocycles. The van der Waals surface area contributed by atoms with Gasteiger partial charge in [0.1, 0.15) is 0 Å². The van der Waals surface area contributed by atoms with Gasteiger partial charge >= 0.3 is 0 Å². The highest BCUT2D eigenvalue weighted by Crippen LogP contribution is 2.13. The largest absolute Gasteiger partial charge is 0.378 e. The molecule has 0 aliphatic carbocycles. The van der Waals surface area contributed by atoms with Gasteiger partial charge in [-0.3, -0.25) is 4.68 Å². The molecule has 0 radical (unpaired) electrons. The molecule has 5 nitrogen and oxygen atoms in total. The molecule has 0 bridgehead atoms. The number of aromatic nitrogens is 3. The molecule has 1 saturated heterocycles. The zero-order chi connectivity index (χ0) is 10.7. The van der Waals surface area contributed by atoms with Gasteiger partial charge in [-0.25, -0.2) is 0 Å². The first-order valence-electron chi connectivity index (χ1n) is 5.44. The van der Waals surface area contributed by atoms with Crippen LogP contribution in [0.5, 0.6) is 0 Å². The first-order chi connectivity index (χ1) is 7.25. The van der Waals surface area contributed by atoms with Crippen LogP contribution < -0.4 is 5.32 Å². The lowest BCUT2D eigenvalue weighted by molar-refractivity contribution is 0.0129. The third-order valence-corrected chi connectivity index (χ3v) is 2.87. The van der Waals surface area contributed by atoms with Gasteiger partial charge in [0.25, 0.3) is 0 Å². The molecule has 1 aliphatic rings. The van der Waals surface area contributed by atoms with Crippen molar-refractivity contribution in [3.8, 4) is 0 Å². The van der Waals surface area contributed by atoms with Gasteiger partial charge in [-0.1, -0.05) is 5.21 Å². The highest BCUT2D eigenvalue weighted by atomic mass is 16.5. The van der Waals surface area contributed by atoms with Crippen molar-refractivity contribution in [2.45, 2.75) is 38.5 Å². The number of nitrogens with zero attached hydrogens (tertiary/aromatic N) is 3. The number of aryl methyl sites for hydroxylation is 1. The molecule has 2 unspecified atom stereocenters. The fraction of sp³-hybridized carbons (Fsp3) is 0.800. The van der Waals surface area contributed by atoms with Crippen LogP contribution in [-0.2, 0) is 18.3 Å². The van der Waals surface area contributed by atoms with Crippen molar-refractivity contribution in [2.75, 3.05) is 6.61 Å². The van der Waals surface area contributed by atoms with Gasteiger partial charge in [0.05, 0.1) is 18.0 Å². The third-order valence-electron chi connectivity index (χ3n) is 2.87. The summed E-state index contributed by atoms with van der Waals surface area (Å²) < 4.78 is 7.30. The van der Waals surface area contributed by atoms with Gasteiger partial charge in [-0.05, 0) is 19.8 Å². The number of ether oxygens (including phenoxy) is 1. The van der Waals surface area contributed by atoms with E-state index in [1.54, 1.807) is 10.9 Å². The molecule has 1 aromatic rings. The molecule has 0 spiro atoms. The van der Waals surface area contributed by atoms with Crippen molar-refractivity contribution in [3.05, 3.63) is 11.9 Å². The lowest BCUT2D eigenvalue weighted by Crippen LogP contribution is -2.37. The summed E-state index contributed by atoms with van der Waals surface area (Å²) in [6, 6.07) is 0.559. The Morgan fingerprint density at radius 1 is 1.67 bits per heavy atom. The van der Waals surface area contributed by atoms with Crippen molar-refractivity contribution in [2.24, 2.45) is 7.05 Å². The number of nitrogens with one attached hydrogen (secondary N) is 1. The maximum atomic E-state index is 5.50. The van der Waals surface area contributed by atoms with E-state index in [2.05, 4.69) is 22.6 Å². The second-order valence-corrected chi connectivity index (χ2v) is 4.13. The third kappa shape index (κ3) is 2.76. The monoisotopic (exact) mass is 210 g/mol. The van der Waals surface area contributed by atoms with E-state index < -0.39 is 0 Å². The normalized spacial score (nSPS) is 26.8. The molecular formula is C10H18N4O. The van der Waals surface area contributed by atoms with E-state index in [1.807, 2.05) is 7.05 Å². The van der Waals surface area contributed by atoms with E-state index >= 15 is 0 Å². The Morgan fingerprint density at radius 3 is 3.20 bits per heavy atom. The maximum Gasteiger partial charge on any atom is 0.0738 e. The van der Waals surface area contributed by atoms with Crippen LogP contribution >= 0.6 is 0 Å². The molecule has 0 aromatic carbocycles. The van der Waals surface area contributed by atoms with Crippen LogP contribution in [0, 0.1) is 0 Å². The molecule has 15 heavy (non-hydrogen) atoms. The molecule has 84 valence electrons. The summed E-state index contributed by atoms with van der Waals surface area (Å²) in [6.07, 6.45) is 4.36. The van der Waals surface area contributed by atoms with Gasteiger partial charge in [0, 0.05) is 26.2 Å². The Bertz CT molecular complexity index is 312. The van der Waals surface area contributed by atoms with E-state index in [0.29, 0.717) is 12.1 Å². The van der Waals surface area contributed by atoms with Gasteiger partial charge in [0.2, 0.25) is 0 Å². The van der Waals surface area contributed by atoms with Crippen molar-refractivity contribution in [3.63, 3.8) is 0 Å². The predicted octanol–water partition coefficient (Wildman–Crippen LogP) is 0.472. The Balaban J connectivity index is 1.80. The lowest BCUT2D eigenvalue weighted by atomic mass is 10.0. The van der Waals surface area contributed by atoms with Crippen molar-refractivity contribution >= 4 is 0 Å². The molecule has 1 fully saturated rings. The number of rotatable bonds is 3. The van der Waals surface area contributed by atoms with E-state index in [1.165, 1.54) is 0 Å². The summed E-state index contributed by atoms with van der Waals surface area (Å²) in [5, 5.41) is 11.3. The van der Waals surface area contributed by atoms with E-state index in [9.17, 15) is 0 Å². The lowest BCUT2D eigenvalue weighted by Gasteiger charge is -2.27. The summed E-state index contributed by atoms with van der Waals surface area (Å²) in [7, 11) is 1.91. The zero-order valence-corrected chi connectivity index (χ0v) is 9.31. The van der Waals surface area contributed by atoms with Gasteiger partial charge in [-0.2, -0.15) is 0 Å². The Morgan fingerprint density at radius 2 is 2.53 bits per heavy atom. The molecule has 1 N–H and O–H groups in total. The van der Waals surface area contributed by atoms with Crippen molar-refractivity contribution < 1.29 is 4.74 Å². The smallest absolute Gasteiger partial charge is 0.0738 e. The van der Waals surface area contributed by atoms with E-state index in [-0.39, 0.29) is 0 Å². The van der Waals surface area contributed by atoms with Crippen LogP contribution in [0.1, 0.15) is 25.5 Å². The van der Waals surface area contributed by atoms with E-state index in [4.69, 9.17) is 4.74 Å². The minimum absolute atomic E-state index is 0.376. The summed E-state index contributed by atoms with van der Waals surface area (Å²) in [6.45, 7) is 3.82. The summed E-state index contributed by atoms with van der Waals surface area (Å²) >= 11 is 0. The van der Waals surface area contributed by atoms with Crippen LogP contribution in [0.25, 0.3) is 0 Å². The minimum atomic E-state index is 0.376. The second-order valence-electron chi connectivity index (χ2n) is 4.13. The molecular weight excluding hydrogens is 192 g/mol. The molecule has 5 heteroatoms. The van der Waals surface area contributed by atoms with Gasteiger partial charge in [0.15, 0.2) is 0 Å². The van der Waals surface area contributed by atoms with E-state index in [0.717, 1.165) is 31.7 Å². The van der Waals surface area contributed by atoms with Gasteiger partial charge in [-0.15, -0.1) is 5.10 Å². The van der Waals surface area contributed by atoms with Crippen LogP contribution in [0.3, 0.4) is 0 Å². The molecule has 0 amide bonds. The first kappa shape index (κ1) is 10.6. The number of hydrogen-bond acceptors (Lipinski definition) is 4. The minimum Gasteiger partial charge on any atom is -0.378 e. The highest BCUT2D eigenvalue weighted by molar-refractivity contribution is 4.93. The first-order valence-corrected chi connectivity index (χ1v) is 5.44. The highest BCUT2D eigenvalue weighted by Gasteiger charge is 2.18. The molecule has 1 aromatic heterocycles.